The van der Waals surface area contributed by atoms with Gasteiger partial charge in [-0.25, -0.2) is 0 Å². The number of aromatic hydroxyl groups is 1. The number of fused-ring (bicyclic) bond motifs is 1. The van der Waals surface area contributed by atoms with Crippen LogP contribution in [0.1, 0.15) is 5.56 Å². The highest BCUT2D eigenvalue weighted by Gasteiger charge is 2.07. The minimum Gasteiger partial charge on any atom is -0.507 e. The van der Waals surface area contributed by atoms with Crippen molar-refractivity contribution >= 4 is 37.4 Å². The van der Waals surface area contributed by atoms with Gasteiger partial charge in [-0.3, -0.25) is 0 Å². The van der Waals surface area contributed by atoms with Gasteiger partial charge < -0.3 is 10.2 Å². The van der Waals surface area contributed by atoms with Crippen molar-refractivity contribution in [1.29, 1.82) is 0 Å². The van der Waals surface area contributed by atoms with Crippen LogP contribution in [0.25, 0.3) is 10.1 Å². The monoisotopic (exact) mass is 258 g/mol. The van der Waals surface area contributed by atoms with Gasteiger partial charge in [0.15, 0.2) is 0 Å². The standard InChI is InChI=1S/C9H7BrO2S/c10-8-3-6-7(13-8)2-1-5(4-11)9(6)12/h1-3,11-12H,4H2. The summed E-state index contributed by atoms with van der Waals surface area (Å²) in [5.41, 5.74) is 0.567. The molecule has 0 saturated heterocycles. The lowest BCUT2D eigenvalue weighted by Gasteiger charge is -2.00. The fourth-order valence-electron chi connectivity index (χ4n) is 1.24. The molecular formula is C9H7BrO2S. The summed E-state index contributed by atoms with van der Waals surface area (Å²) >= 11 is 4.91. The van der Waals surface area contributed by atoms with Gasteiger partial charge in [-0.05, 0) is 28.1 Å². The molecule has 2 rings (SSSR count). The van der Waals surface area contributed by atoms with Crippen LogP contribution in [-0.4, -0.2) is 10.2 Å². The summed E-state index contributed by atoms with van der Waals surface area (Å²) in [6.07, 6.45) is 0. The van der Waals surface area contributed by atoms with Crippen LogP contribution in [-0.2, 0) is 6.61 Å². The maximum absolute atomic E-state index is 9.69. The molecule has 0 aliphatic rings. The van der Waals surface area contributed by atoms with Crippen molar-refractivity contribution < 1.29 is 10.2 Å². The second-order valence-electron chi connectivity index (χ2n) is 2.69. The van der Waals surface area contributed by atoms with Crippen LogP contribution in [0.4, 0.5) is 0 Å². The Bertz CT molecular complexity index is 450. The Hall–Kier alpha value is -0.580. The molecule has 0 radical (unpaired) electrons. The number of hydrogen-bond acceptors (Lipinski definition) is 3. The zero-order valence-electron chi connectivity index (χ0n) is 6.62. The van der Waals surface area contributed by atoms with E-state index in [1.54, 1.807) is 17.4 Å². The lowest BCUT2D eigenvalue weighted by molar-refractivity contribution is 0.276. The van der Waals surface area contributed by atoms with E-state index in [9.17, 15) is 5.11 Å². The maximum atomic E-state index is 9.69. The Morgan fingerprint density at radius 3 is 2.85 bits per heavy atom. The minimum atomic E-state index is -0.130. The molecule has 0 aliphatic heterocycles. The van der Waals surface area contributed by atoms with Gasteiger partial charge >= 0.3 is 0 Å². The summed E-state index contributed by atoms with van der Waals surface area (Å²) in [7, 11) is 0. The lowest BCUT2D eigenvalue weighted by Crippen LogP contribution is -1.82. The number of aliphatic hydroxyl groups is 1. The normalized spacial score (nSPS) is 10.9. The van der Waals surface area contributed by atoms with Crippen molar-refractivity contribution in [2.45, 2.75) is 6.61 Å². The molecule has 0 bridgehead atoms. The minimum absolute atomic E-state index is 0.130. The van der Waals surface area contributed by atoms with Crippen LogP contribution in [0.15, 0.2) is 22.0 Å². The molecule has 4 heteroatoms. The van der Waals surface area contributed by atoms with Crippen LogP contribution in [0.5, 0.6) is 5.75 Å². The van der Waals surface area contributed by atoms with Gasteiger partial charge in [0, 0.05) is 15.6 Å². The van der Waals surface area contributed by atoms with Crippen LogP contribution < -0.4 is 0 Å². The molecule has 0 saturated carbocycles. The Labute approximate surface area is 87.6 Å². The first-order valence-electron chi connectivity index (χ1n) is 3.73. The summed E-state index contributed by atoms with van der Waals surface area (Å²) in [5, 5.41) is 19.4. The van der Waals surface area contributed by atoms with E-state index < -0.39 is 0 Å². The molecule has 68 valence electrons. The second kappa shape index (κ2) is 3.29. The quantitative estimate of drug-likeness (QED) is 0.826. The zero-order chi connectivity index (χ0) is 9.42. The number of thiophene rings is 1. The Morgan fingerprint density at radius 1 is 1.38 bits per heavy atom. The predicted octanol–water partition coefficient (Wildman–Crippen LogP) is 2.86. The van der Waals surface area contributed by atoms with Crippen molar-refractivity contribution in [3.63, 3.8) is 0 Å². The molecule has 1 aromatic heterocycles. The van der Waals surface area contributed by atoms with Crippen LogP contribution in [0.2, 0.25) is 0 Å². The maximum Gasteiger partial charge on any atom is 0.129 e. The molecule has 2 nitrogen and oxygen atoms in total. The average Bonchev–Trinajstić information content (AvgIpc) is 2.47. The molecule has 0 fully saturated rings. The van der Waals surface area contributed by atoms with Crippen molar-refractivity contribution in [1.82, 2.24) is 0 Å². The van der Waals surface area contributed by atoms with E-state index in [-0.39, 0.29) is 12.4 Å². The first-order chi connectivity index (χ1) is 6.22. The Balaban J connectivity index is 2.78. The third-order valence-electron chi connectivity index (χ3n) is 1.90. The molecular weight excluding hydrogens is 252 g/mol. The van der Waals surface area contributed by atoms with Crippen molar-refractivity contribution in [3.8, 4) is 5.75 Å². The van der Waals surface area contributed by atoms with Crippen LogP contribution >= 0.6 is 27.3 Å². The number of rotatable bonds is 1. The summed E-state index contributed by atoms with van der Waals surface area (Å²) in [6.45, 7) is -0.130. The van der Waals surface area contributed by atoms with E-state index >= 15 is 0 Å². The Morgan fingerprint density at radius 2 is 2.15 bits per heavy atom. The third kappa shape index (κ3) is 1.45. The van der Waals surface area contributed by atoms with E-state index in [1.165, 1.54) is 0 Å². The van der Waals surface area contributed by atoms with E-state index in [0.29, 0.717) is 5.56 Å². The highest BCUT2D eigenvalue weighted by atomic mass is 79.9. The number of halogens is 1. The second-order valence-corrected chi connectivity index (χ2v) is 5.16. The summed E-state index contributed by atoms with van der Waals surface area (Å²) in [5.74, 6) is 0.182. The number of hydrogen-bond donors (Lipinski definition) is 2. The van der Waals surface area contributed by atoms with Crippen molar-refractivity contribution in [2.24, 2.45) is 0 Å². The fourth-order valence-corrected chi connectivity index (χ4v) is 2.78. The predicted molar refractivity (Wildman–Crippen MR) is 57.1 cm³/mol. The molecule has 2 N–H and O–H groups in total. The van der Waals surface area contributed by atoms with Gasteiger partial charge in [0.1, 0.15) is 5.75 Å². The summed E-state index contributed by atoms with van der Waals surface area (Å²) in [6, 6.07) is 5.49. The topological polar surface area (TPSA) is 40.5 Å². The van der Waals surface area contributed by atoms with Crippen molar-refractivity contribution in [3.05, 3.63) is 27.5 Å². The van der Waals surface area contributed by atoms with E-state index in [0.717, 1.165) is 13.9 Å². The van der Waals surface area contributed by atoms with Gasteiger partial charge in [-0.2, -0.15) is 0 Å². The number of phenols is 1. The molecule has 0 aliphatic carbocycles. The van der Waals surface area contributed by atoms with Gasteiger partial charge in [-0.1, -0.05) is 6.07 Å². The highest BCUT2D eigenvalue weighted by Crippen LogP contribution is 2.36. The van der Waals surface area contributed by atoms with Gasteiger partial charge in [0.05, 0.1) is 10.4 Å². The van der Waals surface area contributed by atoms with E-state index in [1.807, 2.05) is 12.1 Å². The molecule has 0 atom stereocenters. The zero-order valence-corrected chi connectivity index (χ0v) is 9.02. The summed E-state index contributed by atoms with van der Waals surface area (Å²) in [4.78, 5) is 0. The Kier molecular flexibility index (Phi) is 2.27. The van der Waals surface area contributed by atoms with Crippen LogP contribution in [0.3, 0.4) is 0 Å². The van der Waals surface area contributed by atoms with Crippen molar-refractivity contribution in [2.75, 3.05) is 0 Å². The molecule has 13 heavy (non-hydrogen) atoms. The SMILES string of the molecule is OCc1ccc2sc(Br)cc2c1O. The number of aliphatic hydroxyl groups excluding tert-OH is 1. The average molecular weight is 259 g/mol. The lowest BCUT2D eigenvalue weighted by atomic mass is 10.1. The van der Waals surface area contributed by atoms with Gasteiger partial charge in [0.25, 0.3) is 0 Å². The smallest absolute Gasteiger partial charge is 0.129 e. The molecule has 1 aromatic carbocycles. The molecule has 0 unspecified atom stereocenters. The summed E-state index contributed by atoms with van der Waals surface area (Å²) < 4.78 is 1.99. The fraction of sp³-hybridized carbons (Fsp3) is 0.111. The highest BCUT2D eigenvalue weighted by molar-refractivity contribution is 9.11. The first kappa shape index (κ1) is 8.99. The molecule has 0 spiro atoms. The molecule has 2 aromatic rings. The number of benzene rings is 1. The van der Waals surface area contributed by atoms with E-state index in [4.69, 9.17) is 5.11 Å². The van der Waals surface area contributed by atoms with Crippen LogP contribution in [0, 0.1) is 0 Å². The van der Waals surface area contributed by atoms with Gasteiger partial charge in [-0.15, -0.1) is 11.3 Å². The molecule has 0 amide bonds. The van der Waals surface area contributed by atoms with Gasteiger partial charge in [0.2, 0.25) is 0 Å². The van der Waals surface area contributed by atoms with E-state index in [2.05, 4.69) is 15.9 Å². The molecule has 1 heterocycles. The largest absolute Gasteiger partial charge is 0.507 e. The third-order valence-corrected chi connectivity index (χ3v) is 3.50. The first-order valence-corrected chi connectivity index (χ1v) is 5.34.